The summed E-state index contributed by atoms with van der Waals surface area (Å²) in [7, 11) is 0. The van der Waals surface area contributed by atoms with Crippen molar-refractivity contribution in [3.63, 3.8) is 0 Å². The topological polar surface area (TPSA) is 33.4 Å². The van der Waals surface area contributed by atoms with Gasteiger partial charge in [0.1, 0.15) is 5.58 Å². The van der Waals surface area contributed by atoms with E-state index in [1.807, 2.05) is 25.1 Å². The summed E-state index contributed by atoms with van der Waals surface area (Å²) >= 11 is 0. The standard InChI is InChI=1S/C12H12O2/c1-9(4-6-13)10-2-3-12-11(8-10)5-7-14-12/h2-5,7-8,13H,6H2,1H3/b9-4+. The zero-order chi connectivity index (χ0) is 9.97. The van der Waals surface area contributed by atoms with Crippen LogP contribution in [0.4, 0.5) is 0 Å². The molecule has 0 amide bonds. The second kappa shape index (κ2) is 3.68. The van der Waals surface area contributed by atoms with E-state index >= 15 is 0 Å². The quantitative estimate of drug-likeness (QED) is 0.786. The van der Waals surface area contributed by atoms with E-state index < -0.39 is 0 Å². The lowest BCUT2D eigenvalue weighted by molar-refractivity contribution is 0.343. The van der Waals surface area contributed by atoms with E-state index in [9.17, 15) is 0 Å². The van der Waals surface area contributed by atoms with Gasteiger partial charge in [-0.1, -0.05) is 12.1 Å². The fourth-order valence-corrected chi connectivity index (χ4v) is 1.47. The van der Waals surface area contributed by atoms with Gasteiger partial charge in [-0.2, -0.15) is 0 Å². The average Bonchev–Trinajstić information content (AvgIpc) is 2.64. The number of aliphatic hydroxyl groups is 1. The summed E-state index contributed by atoms with van der Waals surface area (Å²) in [6.07, 6.45) is 3.47. The minimum absolute atomic E-state index is 0.0786. The maximum atomic E-state index is 8.78. The van der Waals surface area contributed by atoms with E-state index in [4.69, 9.17) is 9.52 Å². The molecule has 72 valence electrons. The van der Waals surface area contributed by atoms with Crippen molar-refractivity contribution in [2.45, 2.75) is 6.92 Å². The van der Waals surface area contributed by atoms with Crippen LogP contribution in [0.2, 0.25) is 0 Å². The third kappa shape index (κ3) is 1.56. The predicted molar refractivity (Wildman–Crippen MR) is 57.0 cm³/mol. The number of allylic oxidation sites excluding steroid dienone is 1. The minimum atomic E-state index is 0.0786. The van der Waals surface area contributed by atoms with E-state index in [0.29, 0.717) is 0 Å². The van der Waals surface area contributed by atoms with Crippen molar-refractivity contribution >= 4 is 16.5 Å². The van der Waals surface area contributed by atoms with Gasteiger partial charge in [0.05, 0.1) is 12.9 Å². The normalized spacial score (nSPS) is 12.3. The molecule has 2 nitrogen and oxygen atoms in total. The SMILES string of the molecule is C/C(=C\CO)c1ccc2occc2c1. The Morgan fingerprint density at radius 2 is 2.29 bits per heavy atom. The molecule has 0 atom stereocenters. The molecular weight excluding hydrogens is 176 g/mol. The first kappa shape index (κ1) is 9.03. The first-order valence-electron chi connectivity index (χ1n) is 4.56. The van der Waals surface area contributed by atoms with Crippen molar-refractivity contribution in [3.8, 4) is 0 Å². The molecule has 0 bridgehead atoms. The number of aliphatic hydroxyl groups excluding tert-OH is 1. The number of fused-ring (bicyclic) bond motifs is 1. The van der Waals surface area contributed by atoms with Gasteiger partial charge in [-0.25, -0.2) is 0 Å². The van der Waals surface area contributed by atoms with Crippen molar-refractivity contribution in [2.24, 2.45) is 0 Å². The Bertz CT molecular complexity index is 466. The minimum Gasteiger partial charge on any atom is -0.464 e. The molecule has 0 saturated heterocycles. The first-order valence-corrected chi connectivity index (χ1v) is 4.56. The second-order valence-electron chi connectivity index (χ2n) is 3.24. The van der Waals surface area contributed by atoms with Crippen LogP contribution in [0, 0.1) is 0 Å². The van der Waals surface area contributed by atoms with Crippen molar-refractivity contribution in [3.05, 3.63) is 42.2 Å². The van der Waals surface area contributed by atoms with Crippen LogP contribution in [0.5, 0.6) is 0 Å². The van der Waals surface area contributed by atoms with E-state index in [2.05, 4.69) is 6.07 Å². The van der Waals surface area contributed by atoms with Gasteiger partial charge in [-0.15, -0.1) is 0 Å². The van der Waals surface area contributed by atoms with Crippen LogP contribution < -0.4 is 0 Å². The Labute approximate surface area is 82.5 Å². The van der Waals surface area contributed by atoms with Crippen LogP contribution in [0.3, 0.4) is 0 Å². The fraction of sp³-hybridized carbons (Fsp3) is 0.167. The summed E-state index contributed by atoms with van der Waals surface area (Å²) in [4.78, 5) is 0. The third-order valence-corrected chi connectivity index (χ3v) is 2.31. The van der Waals surface area contributed by atoms with Gasteiger partial charge >= 0.3 is 0 Å². The molecule has 2 aromatic rings. The zero-order valence-electron chi connectivity index (χ0n) is 8.03. The lowest BCUT2D eigenvalue weighted by atomic mass is 10.1. The maximum absolute atomic E-state index is 8.78. The van der Waals surface area contributed by atoms with Gasteiger partial charge in [0, 0.05) is 5.39 Å². The monoisotopic (exact) mass is 188 g/mol. The van der Waals surface area contributed by atoms with Gasteiger partial charge < -0.3 is 9.52 Å². The molecule has 0 saturated carbocycles. The molecule has 0 unspecified atom stereocenters. The highest BCUT2D eigenvalue weighted by atomic mass is 16.3. The molecule has 1 heterocycles. The highest BCUT2D eigenvalue weighted by molar-refractivity contribution is 5.81. The summed E-state index contributed by atoms with van der Waals surface area (Å²) in [6, 6.07) is 7.93. The smallest absolute Gasteiger partial charge is 0.133 e. The Morgan fingerprint density at radius 3 is 3.07 bits per heavy atom. The average molecular weight is 188 g/mol. The molecule has 0 radical (unpaired) electrons. The lowest BCUT2D eigenvalue weighted by Crippen LogP contribution is -1.81. The molecule has 0 spiro atoms. The van der Waals surface area contributed by atoms with Crippen LogP contribution in [0.25, 0.3) is 16.5 Å². The molecular formula is C12H12O2. The highest BCUT2D eigenvalue weighted by Crippen LogP contribution is 2.21. The fourth-order valence-electron chi connectivity index (χ4n) is 1.47. The molecule has 0 fully saturated rings. The summed E-state index contributed by atoms with van der Waals surface area (Å²) < 4.78 is 5.24. The van der Waals surface area contributed by atoms with E-state index in [1.165, 1.54) is 0 Å². The molecule has 1 N–H and O–H groups in total. The summed E-state index contributed by atoms with van der Waals surface area (Å²) in [5.74, 6) is 0. The molecule has 2 heteroatoms. The van der Waals surface area contributed by atoms with Crippen molar-refractivity contribution < 1.29 is 9.52 Å². The summed E-state index contributed by atoms with van der Waals surface area (Å²) in [5.41, 5.74) is 3.09. The molecule has 2 rings (SSSR count). The largest absolute Gasteiger partial charge is 0.464 e. The Hall–Kier alpha value is -1.54. The lowest BCUT2D eigenvalue weighted by Gasteiger charge is -2.00. The summed E-state index contributed by atoms with van der Waals surface area (Å²) in [5, 5.41) is 9.87. The zero-order valence-corrected chi connectivity index (χ0v) is 8.03. The summed E-state index contributed by atoms with van der Waals surface area (Å²) in [6.45, 7) is 2.06. The van der Waals surface area contributed by atoms with Crippen molar-refractivity contribution in [1.29, 1.82) is 0 Å². The highest BCUT2D eigenvalue weighted by Gasteiger charge is 1.99. The van der Waals surface area contributed by atoms with Crippen molar-refractivity contribution in [2.75, 3.05) is 6.61 Å². The predicted octanol–water partition coefficient (Wildman–Crippen LogP) is 2.83. The number of rotatable bonds is 2. The van der Waals surface area contributed by atoms with Gasteiger partial charge in [-0.05, 0) is 36.3 Å². The second-order valence-corrected chi connectivity index (χ2v) is 3.24. The Kier molecular flexibility index (Phi) is 2.37. The van der Waals surface area contributed by atoms with Crippen molar-refractivity contribution in [1.82, 2.24) is 0 Å². The van der Waals surface area contributed by atoms with Gasteiger partial charge in [0.2, 0.25) is 0 Å². The van der Waals surface area contributed by atoms with E-state index in [0.717, 1.165) is 22.1 Å². The molecule has 0 aliphatic carbocycles. The molecule has 0 aliphatic rings. The molecule has 1 aromatic carbocycles. The van der Waals surface area contributed by atoms with Crippen LogP contribution in [0.1, 0.15) is 12.5 Å². The molecule has 14 heavy (non-hydrogen) atoms. The Morgan fingerprint density at radius 1 is 1.43 bits per heavy atom. The van der Waals surface area contributed by atoms with Gasteiger partial charge in [0.15, 0.2) is 0 Å². The molecule has 1 aromatic heterocycles. The first-order chi connectivity index (χ1) is 6.81. The van der Waals surface area contributed by atoms with E-state index in [-0.39, 0.29) is 6.61 Å². The van der Waals surface area contributed by atoms with E-state index in [1.54, 1.807) is 12.3 Å². The van der Waals surface area contributed by atoms with Gasteiger partial charge in [0.25, 0.3) is 0 Å². The third-order valence-electron chi connectivity index (χ3n) is 2.31. The number of hydrogen-bond donors (Lipinski definition) is 1. The van der Waals surface area contributed by atoms with Crippen LogP contribution >= 0.6 is 0 Å². The van der Waals surface area contributed by atoms with Crippen LogP contribution in [-0.4, -0.2) is 11.7 Å². The molecule has 0 aliphatic heterocycles. The number of hydrogen-bond acceptors (Lipinski definition) is 2. The maximum Gasteiger partial charge on any atom is 0.133 e. The van der Waals surface area contributed by atoms with Crippen LogP contribution in [0.15, 0.2) is 41.0 Å². The number of benzene rings is 1. The number of furan rings is 1. The van der Waals surface area contributed by atoms with Gasteiger partial charge in [-0.3, -0.25) is 0 Å². The Balaban J connectivity index is 2.48. The van der Waals surface area contributed by atoms with Crippen LogP contribution in [-0.2, 0) is 0 Å².